The second-order valence-corrected chi connectivity index (χ2v) is 8.98. The Labute approximate surface area is 199 Å². The van der Waals surface area contributed by atoms with Crippen LogP contribution in [0, 0.1) is 0 Å². The van der Waals surface area contributed by atoms with Crippen LogP contribution < -0.4 is 15.4 Å². The van der Waals surface area contributed by atoms with Crippen molar-refractivity contribution in [2.24, 2.45) is 0 Å². The Bertz CT molecular complexity index is 1430. The van der Waals surface area contributed by atoms with Gasteiger partial charge in [0.1, 0.15) is 5.75 Å². The number of Topliss-reactive ketones (excluding diaryl/α,β-unsaturated/α-hetero) is 1. The summed E-state index contributed by atoms with van der Waals surface area (Å²) < 4.78 is 5.63. The number of fused-ring (bicyclic) bond motifs is 2. The van der Waals surface area contributed by atoms with Gasteiger partial charge >= 0.3 is 0 Å². The Morgan fingerprint density at radius 2 is 1.47 bits per heavy atom. The first-order valence-electron chi connectivity index (χ1n) is 11.7. The molecule has 0 amide bonds. The number of rotatable bonds is 3. The lowest BCUT2D eigenvalue weighted by atomic mass is 9.78. The van der Waals surface area contributed by atoms with Crippen molar-refractivity contribution in [1.82, 2.24) is 0 Å². The number of benzene rings is 4. The van der Waals surface area contributed by atoms with E-state index in [4.69, 9.17) is 4.74 Å². The van der Waals surface area contributed by atoms with Crippen LogP contribution in [-0.4, -0.2) is 12.9 Å². The first-order chi connectivity index (χ1) is 16.7. The molecule has 1 aliphatic heterocycles. The molecule has 2 atom stereocenters. The van der Waals surface area contributed by atoms with Crippen LogP contribution >= 0.6 is 0 Å². The molecule has 1 aliphatic carbocycles. The van der Waals surface area contributed by atoms with Gasteiger partial charge in [-0.2, -0.15) is 0 Å². The summed E-state index contributed by atoms with van der Waals surface area (Å²) in [6.07, 6.45) is 1.21. The summed E-state index contributed by atoms with van der Waals surface area (Å²) in [4.78, 5) is 13.9. The Kier molecular flexibility index (Phi) is 5.06. The predicted molar refractivity (Wildman–Crippen MR) is 137 cm³/mol. The molecule has 0 bridgehead atoms. The van der Waals surface area contributed by atoms with E-state index in [1.807, 2.05) is 30.3 Å². The number of nitrogens with one attached hydrogen (secondary N) is 2. The van der Waals surface area contributed by atoms with E-state index in [1.54, 1.807) is 7.11 Å². The molecule has 4 nitrogen and oxygen atoms in total. The normalized spacial score (nSPS) is 19.5. The fraction of sp³-hybridized carbons (Fsp3) is 0.167. The summed E-state index contributed by atoms with van der Waals surface area (Å²) in [5.74, 6) is 1.07. The molecule has 0 fully saturated rings. The highest BCUT2D eigenvalue weighted by atomic mass is 16.5. The minimum atomic E-state index is -0.233. The standard InChI is InChI=1S/C30H26N2O2/c1-34-28-16-7-4-12-22(28)20-17-26-29(27(33)18-20)30(32-25-15-6-5-14-24(25)31-26)23-13-8-10-19-9-2-3-11-21(19)23/h2-16,20,30-32H,17-18H2,1H3. The van der Waals surface area contributed by atoms with Gasteiger partial charge in [-0.15, -0.1) is 0 Å². The predicted octanol–water partition coefficient (Wildman–Crippen LogP) is 6.83. The second-order valence-electron chi connectivity index (χ2n) is 8.98. The van der Waals surface area contributed by atoms with Gasteiger partial charge in [0.05, 0.1) is 24.5 Å². The maximum Gasteiger partial charge on any atom is 0.163 e. The Balaban J connectivity index is 1.52. The maximum absolute atomic E-state index is 13.9. The highest BCUT2D eigenvalue weighted by molar-refractivity contribution is 6.02. The SMILES string of the molecule is COc1ccccc1C1CC(=O)C2=C(C1)Nc1ccccc1NC2c1cccc2ccccc12. The van der Waals surface area contributed by atoms with Gasteiger partial charge in [-0.05, 0) is 46.5 Å². The Morgan fingerprint density at radius 3 is 2.35 bits per heavy atom. The molecule has 0 aromatic heterocycles. The maximum atomic E-state index is 13.9. The second kappa shape index (κ2) is 8.38. The molecule has 2 unspecified atom stereocenters. The highest BCUT2D eigenvalue weighted by Crippen LogP contribution is 2.46. The van der Waals surface area contributed by atoms with E-state index in [9.17, 15) is 4.79 Å². The van der Waals surface area contributed by atoms with Crippen molar-refractivity contribution in [2.45, 2.75) is 24.8 Å². The summed E-state index contributed by atoms with van der Waals surface area (Å²) in [5, 5.41) is 9.67. The molecule has 4 aromatic rings. The van der Waals surface area contributed by atoms with Crippen molar-refractivity contribution in [3.63, 3.8) is 0 Å². The lowest BCUT2D eigenvalue weighted by molar-refractivity contribution is -0.116. The van der Waals surface area contributed by atoms with E-state index < -0.39 is 0 Å². The third-order valence-electron chi connectivity index (χ3n) is 7.02. The van der Waals surface area contributed by atoms with Crippen LogP contribution in [0.15, 0.2) is 102 Å². The average Bonchev–Trinajstić information content (AvgIpc) is 3.05. The van der Waals surface area contributed by atoms with Crippen molar-refractivity contribution in [3.05, 3.63) is 113 Å². The molecule has 0 saturated heterocycles. The number of anilines is 2. The fourth-order valence-corrected chi connectivity index (χ4v) is 5.45. The molecule has 34 heavy (non-hydrogen) atoms. The molecule has 4 heteroatoms. The molecule has 2 aliphatic rings. The number of methoxy groups -OCH3 is 1. The lowest BCUT2D eigenvalue weighted by Crippen LogP contribution is -2.27. The smallest absolute Gasteiger partial charge is 0.163 e. The number of allylic oxidation sites excluding steroid dienone is 1. The van der Waals surface area contributed by atoms with E-state index in [0.717, 1.165) is 51.3 Å². The van der Waals surface area contributed by atoms with Crippen molar-refractivity contribution < 1.29 is 9.53 Å². The number of carbonyl (C=O) groups is 1. The first kappa shape index (κ1) is 20.5. The van der Waals surface area contributed by atoms with Crippen molar-refractivity contribution in [1.29, 1.82) is 0 Å². The summed E-state index contributed by atoms with van der Waals surface area (Å²) in [6.45, 7) is 0. The van der Waals surface area contributed by atoms with Crippen LogP contribution in [0.5, 0.6) is 5.75 Å². The third-order valence-corrected chi connectivity index (χ3v) is 7.02. The largest absolute Gasteiger partial charge is 0.496 e. The number of carbonyl (C=O) groups excluding carboxylic acids is 1. The van der Waals surface area contributed by atoms with E-state index >= 15 is 0 Å². The fourth-order valence-electron chi connectivity index (χ4n) is 5.45. The molecule has 168 valence electrons. The quantitative estimate of drug-likeness (QED) is 0.362. The van der Waals surface area contributed by atoms with Gasteiger partial charge in [-0.3, -0.25) is 4.79 Å². The molecular weight excluding hydrogens is 420 g/mol. The van der Waals surface area contributed by atoms with Crippen molar-refractivity contribution >= 4 is 27.9 Å². The Hall–Kier alpha value is -4.05. The highest BCUT2D eigenvalue weighted by Gasteiger charge is 2.37. The van der Waals surface area contributed by atoms with Crippen molar-refractivity contribution in [3.8, 4) is 5.75 Å². The first-order valence-corrected chi connectivity index (χ1v) is 11.7. The summed E-state index contributed by atoms with van der Waals surface area (Å²) in [7, 11) is 1.69. The number of hydrogen-bond donors (Lipinski definition) is 2. The topological polar surface area (TPSA) is 50.4 Å². The molecule has 2 N–H and O–H groups in total. The molecule has 0 radical (unpaired) electrons. The van der Waals surface area contributed by atoms with Gasteiger partial charge < -0.3 is 15.4 Å². The van der Waals surface area contributed by atoms with E-state index in [2.05, 4.69) is 71.3 Å². The molecule has 0 spiro atoms. The molecule has 6 rings (SSSR count). The van der Waals surface area contributed by atoms with Gasteiger partial charge in [0.2, 0.25) is 0 Å². The number of ether oxygens (including phenoxy) is 1. The van der Waals surface area contributed by atoms with Gasteiger partial charge in [-0.25, -0.2) is 0 Å². The van der Waals surface area contributed by atoms with Gasteiger partial charge in [0, 0.05) is 23.6 Å². The zero-order valence-corrected chi connectivity index (χ0v) is 19.0. The molecule has 0 saturated carbocycles. The number of ketones is 1. The monoisotopic (exact) mass is 446 g/mol. The van der Waals surface area contributed by atoms with Gasteiger partial charge in [0.15, 0.2) is 5.78 Å². The summed E-state index contributed by atoms with van der Waals surface area (Å²) in [5.41, 5.74) is 6.01. The van der Waals surface area contributed by atoms with Gasteiger partial charge in [0.25, 0.3) is 0 Å². The molecule has 1 heterocycles. The van der Waals surface area contributed by atoms with Crippen LogP contribution in [-0.2, 0) is 4.79 Å². The summed E-state index contributed by atoms with van der Waals surface area (Å²) in [6, 6.07) is 30.7. The number of para-hydroxylation sites is 3. The minimum absolute atomic E-state index is 0.0633. The van der Waals surface area contributed by atoms with E-state index in [0.29, 0.717) is 6.42 Å². The van der Waals surface area contributed by atoms with Crippen LogP contribution in [0.1, 0.15) is 35.9 Å². The van der Waals surface area contributed by atoms with Gasteiger partial charge in [-0.1, -0.05) is 72.8 Å². The molecular formula is C30H26N2O2. The minimum Gasteiger partial charge on any atom is -0.496 e. The van der Waals surface area contributed by atoms with E-state index in [1.165, 1.54) is 5.39 Å². The lowest BCUT2D eigenvalue weighted by Gasteiger charge is -2.31. The average molecular weight is 447 g/mol. The zero-order valence-electron chi connectivity index (χ0n) is 19.0. The van der Waals surface area contributed by atoms with Crippen molar-refractivity contribution in [2.75, 3.05) is 17.7 Å². The zero-order chi connectivity index (χ0) is 23.1. The van der Waals surface area contributed by atoms with Crippen LogP contribution in [0.25, 0.3) is 10.8 Å². The Morgan fingerprint density at radius 1 is 0.765 bits per heavy atom. The van der Waals surface area contributed by atoms with Crippen LogP contribution in [0.4, 0.5) is 11.4 Å². The van der Waals surface area contributed by atoms with Crippen LogP contribution in [0.2, 0.25) is 0 Å². The van der Waals surface area contributed by atoms with Crippen LogP contribution in [0.3, 0.4) is 0 Å². The molecule has 4 aromatic carbocycles. The summed E-state index contributed by atoms with van der Waals surface area (Å²) >= 11 is 0. The number of hydrogen-bond acceptors (Lipinski definition) is 4. The van der Waals surface area contributed by atoms with E-state index in [-0.39, 0.29) is 17.7 Å². The third kappa shape index (κ3) is 3.43.